The molecular formula is C14H13ClN4O. The van der Waals surface area contributed by atoms with Gasteiger partial charge in [-0.3, -0.25) is 4.98 Å². The van der Waals surface area contributed by atoms with E-state index in [0.29, 0.717) is 18.3 Å². The maximum Gasteiger partial charge on any atom is 0.212 e. The minimum Gasteiger partial charge on any atom is -0.481 e. The Bertz CT molecular complexity index is 724. The van der Waals surface area contributed by atoms with Gasteiger partial charge in [0.1, 0.15) is 11.3 Å². The van der Waals surface area contributed by atoms with E-state index in [2.05, 4.69) is 19.5 Å². The van der Waals surface area contributed by atoms with Crippen LogP contribution in [0.15, 0.2) is 36.8 Å². The molecule has 0 N–H and O–H groups in total. The number of halogens is 1. The van der Waals surface area contributed by atoms with Crippen molar-refractivity contribution >= 4 is 22.6 Å². The van der Waals surface area contributed by atoms with Crippen molar-refractivity contribution in [1.29, 1.82) is 0 Å². The molecular weight excluding hydrogens is 276 g/mol. The molecule has 0 aliphatic rings. The van der Waals surface area contributed by atoms with E-state index in [1.807, 2.05) is 18.2 Å². The number of methoxy groups -OCH3 is 1. The lowest BCUT2D eigenvalue weighted by molar-refractivity contribution is 0.397. The number of hydrogen-bond acceptors (Lipinski definition) is 4. The van der Waals surface area contributed by atoms with E-state index in [-0.39, 0.29) is 0 Å². The molecule has 0 fully saturated rings. The van der Waals surface area contributed by atoms with Crippen LogP contribution in [0.5, 0.6) is 5.88 Å². The maximum atomic E-state index is 5.98. The van der Waals surface area contributed by atoms with Crippen LogP contribution in [0.2, 0.25) is 0 Å². The second-order valence-corrected chi connectivity index (χ2v) is 4.59. The first-order valence-corrected chi connectivity index (χ1v) is 6.69. The molecule has 0 saturated carbocycles. The Labute approximate surface area is 121 Å². The van der Waals surface area contributed by atoms with Gasteiger partial charge >= 0.3 is 0 Å². The summed E-state index contributed by atoms with van der Waals surface area (Å²) in [5.74, 6) is 1.79. The van der Waals surface area contributed by atoms with E-state index in [1.165, 1.54) is 0 Å². The third-order valence-electron chi connectivity index (χ3n) is 3.10. The predicted molar refractivity (Wildman–Crippen MR) is 77.0 cm³/mol. The smallest absolute Gasteiger partial charge is 0.212 e. The normalized spacial score (nSPS) is 10.9. The number of imidazole rings is 1. The van der Waals surface area contributed by atoms with Gasteiger partial charge < -0.3 is 9.30 Å². The summed E-state index contributed by atoms with van der Waals surface area (Å²) in [6.45, 7) is 0.666. The van der Waals surface area contributed by atoms with Crippen molar-refractivity contribution in [2.45, 2.75) is 12.4 Å². The molecule has 0 aromatic carbocycles. The lowest BCUT2D eigenvalue weighted by Crippen LogP contribution is -2.04. The van der Waals surface area contributed by atoms with Gasteiger partial charge in [0.2, 0.25) is 5.88 Å². The zero-order chi connectivity index (χ0) is 13.9. The van der Waals surface area contributed by atoms with Gasteiger partial charge in [0.15, 0.2) is 0 Å². The third kappa shape index (κ3) is 2.32. The molecule has 3 heterocycles. The second-order valence-electron chi connectivity index (χ2n) is 4.32. The van der Waals surface area contributed by atoms with Gasteiger partial charge in [0.05, 0.1) is 31.2 Å². The van der Waals surface area contributed by atoms with Gasteiger partial charge in [0.25, 0.3) is 0 Å². The molecule has 3 aromatic rings. The highest BCUT2D eigenvalue weighted by atomic mass is 35.5. The summed E-state index contributed by atoms with van der Waals surface area (Å²) in [5, 5.41) is 0. The Kier molecular flexibility index (Phi) is 3.52. The largest absolute Gasteiger partial charge is 0.481 e. The van der Waals surface area contributed by atoms with E-state index in [4.69, 9.17) is 16.3 Å². The van der Waals surface area contributed by atoms with E-state index in [1.54, 1.807) is 25.7 Å². The van der Waals surface area contributed by atoms with Crippen LogP contribution in [-0.4, -0.2) is 26.6 Å². The third-order valence-corrected chi connectivity index (χ3v) is 3.34. The van der Waals surface area contributed by atoms with E-state index in [0.717, 1.165) is 22.4 Å². The molecule has 0 unspecified atom stereocenters. The van der Waals surface area contributed by atoms with E-state index in [9.17, 15) is 0 Å². The lowest BCUT2D eigenvalue weighted by Gasteiger charge is -2.08. The highest BCUT2D eigenvalue weighted by Crippen LogP contribution is 2.18. The average Bonchev–Trinajstić information content (AvgIpc) is 2.86. The zero-order valence-corrected chi connectivity index (χ0v) is 11.7. The van der Waals surface area contributed by atoms with Gasteiger partial charge in [-0.1, -0.05) is 6.07 Å². The fourth-order valence-electron chi connectivity index (χ4n) is 2.12. The Morgan fingerprint density at radius 1 is 1.25 bits per heavy atom. The molecule has 3 aromatic heterocycles. The number of alkyl halides is 1. The standard InChI is InChI=1S/C14H13ClN4O/c1-20-14-3-2-10(7-17-14)9-19-12-4-5-16-8-11(12)18-13(19)6-15/h2-5,7-8H,6,9H2,1H3. The number of ether oxygens (including phenoxy) is 1. The molecule has 0 atom stereocenters. The van der Waals surface area contributed by atoms with Crippen LogP contribution < -0.4 is 4.74 Å². The second kappa shape index (κ2) is 5.46. The van der Waals surface area contributed by atoms with Crippen molar-refractivity contribution in [3.63, 3.8) is 0 Å². The SMILES string of the molecule is COc1ccc(Cn2c(CCl)nc3cnccc32)cn1. The molecule has 0 aliphatic carbocycles. The van der Waals surface area contributed by atoms with Crippen LogP contribution in [0.1, 0.15) is 11.4 Å². The summed E-state index contributed by atoms with van der Waals surface area (Å²) in [6.07, 6.45) is 5.29. The monoisotopic (exact) mass is 288 g/mol. The van der Waals surface area contributed by atoms with Crippen LogP contribution in [0.3, 0.4) is 0 Å². The number of pyridine rings is 2. The molecule has 0 spiro atoms. The molecule has 102 valence electrons. The first-order chi connectivity index (χ1) is 9.81. The lowest BCUT2D eigenvalue weighted by atomic mass is 10.2. The molecule has 0 aliphatic heterocycles. The van der Waals surface area contributed by atoms with Crippen LogP contribution in [-0.2, 0) is 12.4 Å². The first-order valence-electron chi connectivity index (χ1n) is 6.16. The first kappa shape index (κ1) is 12.9. The Morgan fingerprint density at radius 3 is 2.85 bits per heavy atom. The minimum atomic E-state index is 0.359. The quantitative estimate of drug-likeness (QED) is 0.693. The Hall–Kier alpha value is -2.14. The number of rotatable bonds is 4. The summed E-state index contributed by atoms with van der Waals surface area (Å²) in [6, 6.07) is 5.77. The fourth-order valence-corrected chi connectivity index (χ4v) is 2.32. The summed E-state index contributed by atoms with van der Waals surface area (Å²) < 4.78 is 7.14. The van der Waals surface area contributed by atoms with Gasteiger partial charge in [-0.2, -0.15) is 0 Å². The molecule has 0 amide bonds. The van der Waals surface area contributed by atoms with Crippen molar-refractivity contribution in [2.24, 2.45) is 0 Å². The van der Waals surface area contributed by atoms with Gasteiger partial charge in [-0.15, -0.1) is 11.6 Å². The molecule has 5 nitrogen and oxygen atoms in total. The van der Waals surface area contributed by atoms with E-state index < -0.39 is 0 Å². The minimum absolute atomic E-state index is 0.359. The van der Waals surface area contributed by atoms with Crippen LogP contribution in [0, 0.1) is 0 Å². The summed E-state index contributed by atoms with van der Waals surface area (Å²) in [5.41, 5.74) is 2.93. The van der Waals surface area contributed by atoms with E-state index >= 15 is 0 Å². The van der Waals surface area contributed by atoms with Crippen molar-refractivity contribution in [3.8, 4) is 5.88 Å². The molecule has 0 bridgehead atoms. The predicted octanol–water partition coefficient (Wildman–Crippen LogP) is 2.62. The van der Waals surface area contributed by atoms with Gasteiger partial charge in [-0.25, -0.2) is 9.97 Å². The van der Waals surface area contributed by atoms with Crippen LogP contribution in [0.25, 0.3) is 11.0 Å². The number of aromatic nitrogens is 4. The Morgan fingerprint density at radius 2 is 2.15 bits per heavy atom. The van der Waals surface area contributed by atoms with Crippen LogP contribution in [0.4, 0.5) is 0 Å². The van der Waals surface area contributed by atoms with Crippen molar-refractivity contribution in [2.75, 3.05) is 7.11 Å². The molecule has 3 rings (SSSR count). The highest BCUT2D eigenvalue weighted by molar-refractivity contribution is 6.16. The van der Waals surface area contributed by atoms with Gasteiger partial charge in [-0.05, 0) is 11.6 Å². The maximum absolute atomic E-state index is 5.98. The number of hydrogen-bond donors (Lipinski definition) is 0. The zero-order valence-electron chi connectivity index (χ0n) is 11.0. The molecule has 0 radical (unpaired) electrons. The molecule has 0 saturated heterocycles. The summed E-state index contributed by atoms with van der Waals surface area (Å²) >= 11 is 5.98. The summed E-state index contributed by atoms with van der Waals surface area (Å²) in [7, 11) is 1.60. The number of nitrogens with zero attached hydrogens (tertiary/aromatic N) is 4. The van der Waals surface area contributed by atoms with Crippen LogP contribution >= 0.6 is 11.6 Å². The summed E-state index contributed by atoms with van der Waals surface area (Å²) in [4.78, 5) is 12.8. The topological polar surface area (TPSA) is 52.8 Å². The highest BCUT2D eigenvalue weighted by Gasteiger charge is 2.10. The molecule has 6 heteroatoms. The fraction of sp³-hybridized carbons (Fsp3) is 0.214. The van der Waals surface area contributed by atoms with Crippen molar-refractivity contribution in [3.05, 3.63) is 48.2 Å². The van der Waals surface area contributed by atoms with Crippen molar-refractivity contribution < 1.29 is 4.74 Å². The van der Waals surface area contributed by atoms with Crippen molar-refractivity contribution in [1.82, 2.24) is 19.5 Å². The average molecular weight is 289 g/mol. The Balaban J connectivity index is 2.00. The van der Waals surface area contributed by atoms with Gasteiger partial charge in [0, 0.05) is 18.5 Å². The molecule has 20 heavy (non-hydrogen) atoms. The number of fused-ring (bicyclic) bond motifs is 1.